The van der Waals surface area contributed by atoms with Crippen molar-refractivity contribution in [3.05, 3.63) is 83.6 Å². The second-order valence-corrected chi connectivity index (χ2v) is 7.93. The molecule has 4 aromatic rings. The highest BCUT2D eigenvalue weighted by Crippen LogP contribution is 2.33. The number of pyridine rings is 1. The predicted molar refractivity (Wildman–Crippen MR) is 128 cm³/mol. The molecule has 1 amide bonds. The number of benzene rings is 2. The molecule has 0 saturated heterocycles. The maximum atomic E-state index is 12.6. The molecule has 1 N–H and O–H groups in total. The van der Waals surface area contributed by atoms with Crippen LogP contribution >= 0.6 is 11.3 Å². The van der Waals surface area contributed by atoms with E-state index in [0.717, 1.165) is 16.3 Å². The molecular formula is C25H23N3O4S. The Balaban J connectivity index is 1.36. The minimum atomic E-state index is -0.152. The van der Waals surface area contributed by atoms with Crippen molar-refractivity contribution in [1.29, 1.82) is 0 Å². The van der Waals surface area contributed by atoms with E-state index in [2.05, 4.69) is 15.3 Å². The number of amides is 1. The van der Waals surface area contributed by atoms with Crippen molar-refractivity contribution in [3.63, 3.8) is 0 Å². The van der Waals surface area contributed by atoms with E-state index >= 15 is 0 Å². The SMILES string of the molecule is COc1ccc(-c2nc(CC(=O)Nc3cccc(OCc4ccccn4)c3)cs2)cc1OC. The third-order valence-electron chi connectivity index (χ3n) is 4.75. The zero-order valence-electron chi connectivity index (χ0n) is 18.3. The maximum absolute atomic E-state index is 12.6. The van der Waals surface area contributed by atoms with Gasteiger partial charge in [-0.25, -0.2) is 4.98 Å². The Bertz CT molecular complexity index is 1230. The highest BCUT2D eigenvalue weighted by Gasteiger charge is 2.12. The van der Waals surface area contributed by atoms with Crippen molar-refractivity contribution in [2.24, 2.45) is 0 Å². The third-order valence-corrected chi connectivity index (χ3v) is 5.69. The Kier molecular flexibility index (Phi) is 7.16. The van der Waals surface area contributed by atoms with Gasteiger partial charge in [-0.2, -0.15) is 0 Å². The van der Waals surface area contributed by atoms with Crippen LogP contribution in [0.3, 0.4) is 0 Å². The molecule has 0 saturated carbocycles. The molecule has 4 rings (SSSR count). The number of carbonyl (C=O) groups is 1. The fraction of sp³-hybridized carbons (Fsp3) is 0.160. The van der Waals surface area contributed by atoms with Gasteiger partial charge in [-0.3, -0.25) is 9.78 Å². The van der Waals surface area contributed by atoms with Crippen LogP contribution in [0.1, 0.15) is 11.4 Å². The van der Waals surface area contributed by atoms with E-state index in [1.807, 2.05) is 60.0 Å². The molecule has 168 valence electrons. The van der Waals surface area contributed by atoms with E-state index in [1.54, 1.807) is 26.5 Å². The molecule has 0 fully saturated rings. The molecule has 7 nitrogen and oxygen atoms in total. The van der Waals surface area contributed by atoms with Gasteiger partial charge in [0.15, 0.2) is 11.5 Å². The smallest absolute Gasteiger partial charge is 0.230 e. The lowest BCUT2D eigenvalue weighted by molar-refractivity contribution is -0.115. The summed E-state index contributed by atoms with van der Waals surface area (Å²) >= 11 is 1.48. The number of ether oxygens (including phenoxy) is 3. The lowest BCUT2D eigenvalue weighted by Crippen LogP contribution is -2.14. The number of aromatic nitrogens is 2. The third kappa shape index (κ3) is 5.87. The van der Waals surface area contributed by atoms with Crippen LogP contribution in [0.2, 0.25) is 0 Å². The van der Waals surface area contributed by atoms with Crippen molar-refractivity contribution in [3.8, 4) is 27.8 Å². The number of anilines is 1. The topological polar surface area (TPSA) is 82.6 Å². The number of hydrogen-bond donors (Lipinski definition) is 1. The first-order chi connectivity index (χ1) is 16.1. The molecule has 0 unspecified atom stereocenters. The molecule has 0 radical (unpaired) electrons. The van der Waals surface area contributed by atoms with Crippen LogP contribution in [0, 0.1) is 0 Å². The summed E-state index contributed by atoms with van der Waals surface area (Å²) in [7, 11) is 3.19. The summed E-state index contributed by atoms with van der Waals surface area (Å²) in [6.45, 7) is 0.357. The van der Waals surface area contributed by atoms with Crippen molar-refractivity contribution >= 4 is 22.9 Å². The first-order valence-corrected chi connectivity index (χ1v) is 11.1. The van der Waals surface area contributed by atoms with E-state index in [-0.39, 0.29) is 12.3 Å². The largest absolute Gasteiger partial charge is 0.493 e. The molecule has 0 atom stereocenters. The molecule has 33 heavy (non-hydrogen) atoms. The Morgan fingerprint density at radius 2 is 1.85 bits per heavy atom. The van der Waals surface area contributed by atoms with Gasteiger partial charge < -0.3 is 19.5 Å². The summed E-state index contributed by atoms with van der Waals surface area (Å²) < 4.78 is 16.4. The zero-order valence-corrected chi connectivity index (χ0v) is 19.1. The fourth-order valence-corrected chi connectivity index (χ4v) is 3.98. The lowest BCUT2D eigenvalue weighted by atomic mass is 10.2. The van der Waals surface area contributed by atoms with E-state index in [0.29, 0.717) is 35.2 Å². The number of methoxy groups -OCH3 is 2. The molecule has 0 aliphatic carbocycles. The van der Waals surface area contributed by atoms with Crippen LogP contribution in [-0.2, 0) is 17.8 Å². The summed E-state index contributed by atoms with van der Waals surface area (Å²) in [6, 6.07) is 18.6. The zero-order chi connectivity index (χ0) is 23.0. The first-order valence-electron chi connectivity index (χ1n) is 10.2. The van der Waals surface area contributed by atoms with Crippen LogP contribution < -0.4 is 19.5 Å². The predicted octanol–water partition coefficient (Wildman–Crippen LogP) is 4.98. The second-order valence-electron chi connectivity index (χ2n) is 7.08. The number of nitrogens with zero attached hydrogens (tertiary/aromatic N) is 2. The molecule has 0 aliphatic heterocycles. The summed E-state index contributed by atoms with van der Waals surface area (Å²) in [4.78, 5) is 21.4. The highest BCUT2D eigenvalue weighted by molar-refractivity contribution is 7.13. The van der Waals surface area contributed by atoms with Gasteiger partial charge in [0, 0.05) is 28.9 Å². The van der Waals surface area contributed by atoms with Crippen LogP contribution in [0.5, 0.6) is 17.2 Å². The molecule has 0 aliphatic rings. The number of carbonyl (C=O) groups excluding carboxylic acids is 1. The molecule has 0 bridgehead atoms. The molecular weight excluding hydrogens is 438 g/mol. The Labute approximate surface area is 196 Å². The quantitative estimate of drug-likeness (QED) is 0.378. The Hall–Kier alpha value is -3.91. The van der Waals surface area contributed by atoms with Gasteiger partial charge in [-0.1, -0.05) is 12.1 Å². The highest BCUT2D eigenvalue weighted by atomic mass is 32.1. The van der Waals surface area contributed by atoms with Crippen molar-refractivity contribution in [1.82, 2.24) is 9.97 Å². The molecule has 0 spiro atoms. The standard InChI is InChI=1S/C25H23N3O4S/c1-30-22-10-9-17(12-23(22)31-2)25-28-20(16-33-25)14-24(29)27-18-7-5-8-21(13-18)32-15-19-6-3-4-11-26-19/h3-13,16H,14-15H2,1-2H3,(H,27,29). The van der Waals surface area contributed by atoms with Gasteiger partial charge in [0.2, 0.25) is 5.91 Å². The van der Waals surface area contributed by atoms with Crippen LogP contribution in [0.4, 0.5) is 5.69 Å². The Morgan fingerprint density at radius 3 is 2.64 bits per heavy atom. The fourth-order valence-electron chi connectivity index (χ4n) is 3.16. The van der Waals surface area contributed by atoms with Crippen LogP contribution in [-0.4, -0.2) is 30.1 Å². The number of hydrogen-bond acceptors (Lipinski definition) is 7. The van der Waals surface area contributed by atoms with Gasteiger partial charge >= 0.3 is 0 Å². The van der Waals surface area contributed by atoms with Crippen LogP contribution in [0.15, 0.2) is 72.2 Å². The monoisotopic (exact) mass is 461 g/mol. The van der Waals surface area contributed by atoms with E-state index in [1.165, 1.54) is 11.3 Å². The molecule has 2 heterocycles. The minimum Gasteiger partial charge on any atom is -0.493 e. The van der Waals surface area contributed by atoms with E-state index in [4.69, 9.17) is 14.2 Å². The molecule has 2 aromatic heterocycles. The first kappa shape index (κ1) is 22.3. The summed E-state index contributed by atoms with van der Waals surface area (Å²) in [5, 5.41) is 5.60. The van der Waals surface area contributed by atoms with Crippen molar-refractivity contribution in [2.75, 3.05) is 19.5 Å². The van der Waals surface area contributed by atoms with Crippen molar-refractivity contribution < 1.29 is 19.0 Å². The van der Waals surface area contributed by atoms with E-state index in [9.17, 15) is 4.79 Å². The molecule has 2 aromatic carbocycles. The number of thiazole rings is 1. The summed E-state index contributed by atoms with van der Waals surface area (Å²) in [6.07, 6.45) is 1.90. The maximum Gasteiger partial charge on any atom is 0.230 e. The molecule has 8 heteroatoms. The lowest BCUT2D eigenvalue weighted by Gasteiger charge is -2.09. The van der Waals surface area contributed by atoms with Gasteiger partial charge in [0.05, 0.1) is 32.0 Å². The van der Waals surface area contributed by atoms with Gasteiger partial charge in [-0.15, -0.1) is 11.3 Å². The summed E-state index contributed by atoms with van der Waals surface area (Å²) in [5.74, 6) is 1.79. The van der Waals surface area contributed by atoms with Gasteiger partial charge in [0.1, 0.15) is 17.4 Å². The van der Waals surface area contributed by atoms with Gasteiger partial charge in [0.25, 0.3) is 0 Å². The number of nitrogens with one attached hydrogen (secondary N) is 1. The average Bonchev–Trinajstić information content (AvgIpc) is 3.31. The number of rotatable bonds is 9. The van der Waals surface area contributed by atoms with Crippen LogP contribution in [0.25, 0.3) is 10.6 Å². The Morgan fingerprint density at radius 1 is 0.970 bits per heavy atom. The normalized spacial score (nSPS) is 10.5. The van der Waals surface area contributed by atoms with Gasteiger partial charge in [-0.05, 0) is 42.5 Å². The minimum absolute atomic E-state index is 0.152. The van der Waals surface area contributed by atoms with E-state index < -0.39 is 0 Å². The average molecular weight is 462 g/mol. The summed E-state index contributed by atoms with van der Waals surface area (Å²) in [5.41, 5.74) is 3.10. The second kappa shape index (κ2) is 10.6. The van der Waals surface area contributed by atoms with Crippen molar-refractivity contribution in [2.45, 2.75) is 13.0 Å².